The molecule has 1 N–H and O–H groups in total. The molecular formula is C24H18ClN3O2. The second-order valence-corrected chi connectivity index (χ2v) is 6.93. The number of methoxy groups -OCH3 is 1. The van der Waals surface area contributed by atoms with E-state index in [1.165, 1.54) is 0 Å². The van der Waals surface area contributed by atoms with Gasteiger partial charge >= 0.3 is 0 Å². The number of rotatable bonds is 5. The van der Waals surface area contributed by atoms with Crippen LogP contribution in [0.1, 0.15) is 15.9 Å². The Bertz CT molecular complexity index is 1240. The van der Waals surface area contributed by atoms with Crippen LogP contribution in [0.25, 0.3) is 22.2 Å². The van der Waals surface area contributed by atoms with E-state index in [0.717, 1.165) is 22.3 Å². The molecule has 5 nitrogen and oxygen atoms in total. The number of para-hydroxylation sites is 1. The summed E-state index contributed by atoms with van der Waals surface area (Å²) in [4.78, 5) is 17.6. The molecule has 1 amide bonds. The Morgan fingerprint density at radius 1 is 1.03 bits per heavy atom. The molecule has 3 aromatic carbocycles. The van der Waals surface area contributed by atoms with Gasteiger partial charge in [-0.1, -0.05) is 48.0 Å². The van der Waals surface area contributed by atoms with E-state index in [1.54, 1.807) is 25.5 Å². The molecule has 148 valence electrons. The molecule has 0 fully saturated rings. The normalized spacial score (nSPS) is 11.0. The Morgan fingerprint density at radius 2 is 1.77 bits per heavy atom. The first-order valence-corrected chi connectivity index (χ1v) is 9.65. The Morgan fingerprint density at radius 3 is 2.53 bits per heavy atom. The minimum Gasteiger partial charge on any atom is -0.497 e. The van der Waals surface area contributed by atoms with Gasteiger partial charge in [-0.05, 0) is 48.0 Å². The molecule has 0 aliphatic carbocycles. The van der Waals surface area contributed by atoms with E-state index >= 15 is 0 Å². The van der Waals surface area contributed by atoms with E-state index in [1.807, 2.05) is 66.7 Å². The summed E-state index contributed by atoms with van der Waals surface area (Å²) in [5.74, 6) is 0.429. The number of hydrogen-bond donors (Lipinski definition) is 1. The van der Waals surface area contributed by atoms with Crippen molar-refractivity contribution in [2.45, 2.75) is 0 Å². The van der Waals surface area contributed by atoms with Crippen LogP contribution in [0.4, 0.5) is 0 Å². The fourth-order valence-corrected chi connectivity index (χ4v) is 3.32. The number of benzene rings is 3. The lowest BCUT2D eigenvalue weighted by molar-refractivity contribution is 0.0956. The van der Waals surface area contributed by atoms with Crippen molar-refractivity contribution >= 4 is 34.6 Å². The van der Waals surface area contributed by atoms with Crippen LogP contribution in [-0.2, 0) is 0 Å². The number of halogens is 1. The van der Waals surface area contributed by atoms with Crippen LogP contribution in [0, 0.1) is 0 Å². The van der Waals surface area contributed by atoms with Gasteiger partial charge in [0.2, 0.25) is 0 Å². The Balaban J connectivity index is 1.65. The highest BCUT2D eigenvalue weighted by Crippen LogP contribution is 2.29. The maximum atomic E-state index is 12.9. The molecule has 0 radical (unpaired) electrons. The average molecular weight is 416 g/mol. The molecule has 30 heavy (non-hydrogen) atoms. The number of amides is 1. The van der Waals surface area contributed by atoms with E-state index in [0.29, 0.717) is 21.8 Å². The second kappa shape index (κ2) is 8.76. The van der Waals surface area contributed by atoms with Gasteiger partial charge in [0.25, 0.3) is 5.91 Å². The predicted molar refractivity (Wildman–Crippen MR) is 120 cm³/mol. The molecule has 0 unspecified atom stereocenters. The minimum absolute atomic E-state index is 0.327. The summed E-state index contributed by atoms with van der Waals surface area (Å²) in [5.41, 5.74) is 6.02. The van der Waals surface area contributed by atoms with Crippen LogP contribution < -0.4 is 10.2 Å². The van der Waals surface area contributed by atoms with E-state index in [4.69, 9.17) is 16.3 Å². The highest BCUT2D eigenvalue weighted by atomic mass is 35.5. The van der Waals surface area contributed by atoms with Crippen molar-refractivity contribution in [3.8, 4) is 17.0 Å². The van der Waals surface area contributed by atoms with Crippen LogP contribution in [0.2, 0.25) is 5.02 Å². The lowest BCUT2D eigenvalue weighted by Gasteiger charge is -2.10. The monoisotopic (exact) mass is 415 g/mol. The van der Waals surface area contributed by atoms with Gasteiger partial charge in [0.1, 0.15) is 5.75 Å². The van der Waals surface area contributed by atoms with Gasteiger partial charge in [-0.25, -0.2) is 10.4 Å². The van der Waals surface area contributed by atoms with Crippen molar-refractivity contribution in [2.24, 2.45) is 5.10 Å². The van der Waals surface area contributed by atoms with Gasteiger partial charge in [0.05, 0.1) is 30.1 Å². The molecule has 0 aliphatic rings. The average Bonchev–Trinajstić information content (AvgIpc) is 2.79. The third-order valence-corrected chi connectivity index (χ3v) is 4.94. The molecule has 1 heterocycles. The van der Waals surface area contributed by atoms with E-state index in [-0.39, 0.29) is 5.91 Å². The minimum atomic E-state index is -0.327. The summed E-state index contributed by atoms with van der Waals surface area (Å²) in [6, 6.07) is 24.0. The van der Waals surface area contributed by atoms with Crippen LogP contribution in [0.5, 0.6) is 5.75 Å². The largest absolute Gasteiger partial charge is 0.497 e. The van der Waals surface area contributed by atoms with Gasteiger partial charge in [-0.2, -0.15) is 5.10 Å². The van der Waals surface area contributed by atoms with Crippen LogP contribution in [0.3, 0.4) is 0 Å². The Kier molecular flexibility index (Phi) is 5.72. The van der Waals surface area contributed by atoms with Crippen molar-refractivity contribution in [1.29, 1.82) is 0 Å². The van der Waals surface area contributed by atoms with Crippen molar-refractivity contribution in [1.82, 2.24) is 10.4 Å². The summed E-state index contributed by atoms with van der Waals surface area (Å²) in [5, 5.41) is 5.40. The molecule has 0 spiro atoms. The van der Waals surface area contributed by atoms with Gasteiger partial charge < -0.3 is 4.74 Å². The first-order chi connectivity index (χ1) is 14.7. The molecule has 0 atom stereocenters. The Labute approximate surface area is 179 Å². The number of nitrogens with zero attached hydrogens (tertiary/aromatic N) is 2. The molecule has 0 saturated carbocycles. The van der Waals surface area contributed by atoms with E-state index in [9.17, 15) is 4.79 Å². The zero-order chi connectivity index (χ0) is 20.9. The van der Waals surface area contributed by atoms with Gasteiger partial charge in [0, 0.05) is 16.0 Å². The van der Waals surface area contributed by atoms with Gasteiger partial charge in [-0.3, -0.25) is 4.79 Å². The summed E-state index contributed by atoms with van der Waals surface area (Å²) < 4.78 is 5.14. The highest BCUT2D eigenvalue weighted by molar-refractivity contribution is 6.33. The van der Waals surface area contributed by atoms with Crippen molar-refractivity contribution < 1.29 is 9.53 Å². The molecule has 4 aromatic rings. The number of aromatic nitrogens is 1. The lowest BCUT2D eigenvalue weighted by atomic mass is 10.0. The fraction of sp³-hybridized carbons (Fsp3) is 0.0417. The summed E-state index contributed by atoms with van der Waals surface area (Å²) in [6.45, 7) is 0. The topological polar surface area (TPSA) is 63.6 Å². The predicted octanol–water partition coefficient (Wildman–Crippen LogP) is 5.33. The second-order valence-electron chi connectivity index (χ2n) is 6.52. The van der Waals surface area contributed by atoms with Gasteiger partial charge in [0.15, 0.2) is 0 Å². The first kappa shape index (κ1) is 19.6. The van der Waals surface area contributed by atoms with Crippen molar-refractivity contribution in [3.05, 3.63) is 95.0 Å². The van der Waals surface area contributed by atoms with Crippen molar-refractivity contribution in [2.75, 3.05) is 7.11 Å². The molecule has 6 heteroatoms. The lowest BCUT2D eigenvalue weighted by Crippen LogP contribution is -2.18. The molecular weight excluding hydrogens is 398 g/mol. The number of carbonyl (C=O) groups is 1. The molecule has 0 saturated heterocycles. The van der Waals surface area contributed by atoms with Crippen LogP contribution >= 0.6 is 11.6 Å². The number of hydrogen-bond acceptors (Lipinski definition) is 4. The highest BCUT2D eigenvalue weighted by Gasteiger charge is 2.14. The fourth-order valence-electron chi connectivity index (χ4n) is 3.09. The number of nitrogens with one attached hydrogen (secondary N) is 1. The maximum absolute atomic E-state index is 12.9. The Hall–Kier alpha value is -3.70. The summed E-state index contributed by atoms with van der Waals surface area (Å²) >= 11 is 6.34. The molecule has 0 aliphatic heterocycles. The zero-order valence-corrected chi connectivity index (χ0v) is 16.9. The number of pyridine rings is 1. The van der Waals surface area contributed by atoms with E-state index in [2.05, 4.69) is 15.5 Å². The summed E-state index contributed by atoms with van der Waals surface area (Å²) in [7, 11) is 1.61. The van der Waals surface area contributed by atoms with E-state index < -0.39 is 0 Å². The zero-order valence-electron chi connectivity index (χ0n) is 16.2. The number of fused-ring (bicyclic) bond motifs is 1. The number of hydrazone groups is 1. The van der Waals surface area contributed by atoms with Crippen molar-refractivity contribution in [3.63, 3.8) is 0 Å². The van der Waals surface area contributed by atoms with Crippen LogP contribution in [-0.4, -0.2) is 24.2 Å². The first-order valence-electron chi connectivity index (χ1n) is 9.28. The third-order valence-electron chi connectivity index (χ3n) is 4.61. The molecule has 4 rings (SSSR count). The van der Waals surface area contributed by atoms with Crippen LogP contribution in [0.15, 0.2) is 84.0 Å². The maximum Gasteiger partial charge on any atom is 0.272 e. The number of carbonyl (C=O) groups excluding carboxylic acids is 1. The number of ether oxygens (including phenoxy) is 1. The quantitative estimate of drug-likeness (QED) is 0.354. The van der Waals surface area contributed by atoms with Gasteiger partial charge in [-0.15, -0.1) is 0 Å². The summed E-state index contributed by atoms with van der Waals surface area (Å²) in [6.07, 6.45) is 1.58. The third kappa shape index (κ3) is 4.16. The standard InChI is InChI=1S/C24H18ClN3O2/c1-30-17-12-10-16(11-13-17)15-26-28-24(29)20-14-23(19-7-2-4-8-21(19)25)27-22-9-5-3-6-18(20)22/h2-15H,1H3,(H,28,29). The molecule has 0 bridgehead atoms. The molecule has 1 aromatic heterocycles. The smallest absolute Gasteiger partial charge is 0.272 e. The SMILES string of the molecule is COc1ccc(C=NNC(=O)c2cc(-c3ccccc3Cl)nc3ccccc23)cc1.